The van der Waals surface area contributed by atoms with Crippen LogP contribution in [0.4, 0.5) is 17.1 Å². The van der Waals surface area contributed by atoms with Crippen LogP contribution in [0.15, 0.2) is 212 Å². The molecule has 0 radical (unpaired) electrons. The van der Waals surface area contributed by atoms with E-state index in [1.165, 1.54) is 76.5 Å². The number of nitrogens with zero attached hydrogens (tertiary/aromatic N) is 1. The summed E-state index contributed by atoms with van der Waals surface area (Å²) in [5.41, 5.74) is 10.6. The maximum absolute atomic E-state index is 2.39. The lowest BCUT2D eigenvalue weighted by molar-refractivity contribution is 1.28. The van der Waals surface area contributed by atoms with Gasteiger partial charge < -0.3 is 4.90 Å². The van der Waals surface area contributed by atoms with Crippen LogP contribution in [0.25, 0.3) is 76.5 Å². The van der Waals surface area contributed by atoms with Crippen LogP contribution < -0.4 is 4.90 Å². The van der Waals surface area contributed by atoms with Crippen molar-refractivity contribution in [1.29, 1.82) is 0 Å². The zero-order chi connectivity index (χ0) is 35.1. The third-order valence-corrected chi connectivity index (χ3v) is 10.6. The Hall–Kier alpha value is -6.96. The van der Waals surface area contributed by atoms with E-state index in [1.807, 2.05) is 0 Å². The Balaban J connectivity index is 1.12. The topological polar surface area (TPSA) is 3.24 Å². The molecule has 0 N–H and O–H groups in total. The number of rotatable bonds is 6. The highest BCUT2D eigenvalue weighted by molar-refractivity contribution is 6.13. The van der Waals surface area contributed by atoms with Gasteiger partial charge in [0, 0.05) is 17.1 Å². The number of fused-ring (bicyclic) bond motifs is 5. The van der Waals surface area contributed by atoms with E-state index in [-0.39, 0.29) is 0 Å². The second kappa shape index (κ2) is 13.0. The van der Waals surface area contributed by atoms with Crippen molar-refractivity contribution in [3.05, 3.63) is 212 Å². The molecule has 10 aromatic carbocycles. The van der Waals surface area contributed by atoms with Gasteiger partial charge in [-0.15, -0.1) is 0 Å². The van der Waals surface area contributed by atoms with Crippen molar-refractivity contribution in [3.8, 4) is 33.4 Å². The van der Waals surface area contributed by atoms with Gasteiger partial charge in [-0.2, -0.15) is 0 Å². The summed E-state index contributed by atoms with van der Waals surface area (Å²) in [6.07, 6.45) is 0. The van der Waals surface area contributed by atoms with Gasteiger partial charge >= 0.3 is 0 Å². The average Bonchev–Trinajstić information content (AvgIpc) is 3.23. The summed E-state index contributed by atoms with van der Waals surface area (Å²) in [6.45, 7) is 0. The Morgan fingerprint density at radius 2 is 0.774 bits per heavy atom. The van der Waals surface area contributed by atoms with Crippen LogP contribution in [-0.4, -0.2) is 0 Å². The van der Waals surface area contributed by atoms with Crippen molar-refractivity contribution in [2.24, 2.45) is 0 Å². The predicted octanol–water partition coefficient (Wildman–Crippen LogP) is 14.8. The fraction of sp³-hybridized carbons (Fsp3) is 0. The lowest BCUT2D eigenvalue weighted by Gasteiger charge is -2.27. The van der Waals surface area contributed by atoms with Crippen LogP contribution >= 0.6 is 0 Å². The first kappa shape index (κ1) is 30.8. The number of hydrogen-bond acceptors (Lipinski definition) is 1. The Morgan fingerprint density at radius 3 is 1.57 bits per heavy atom. The zero-order valence-corrected chi connectivity index (χ0v) is 29.2. The molecule has 53 heavy (non-hydrogen) atoms. The molecule has 0 aliphatic rings. The summed E-state index contributed by atoms with van der Waals surface area (Å²) in [5.74, 6) is 0. The van der Waals surface area contributed by atoms with E-state index in [2.05, 4.69) is 217 Å². The summed E-state index contributed by atoms with van der Waals surface area (Å²) in [4.78, 5) is 2.39. The minimum atomic E-state index is 1.10. The van der Waals surface area contributed by atoms with Crippen LogP contribution in [-0.2, 0) is 0 Å². The van der Waals surface area contributed by atoms with Gasteiger partial charge in [0.1, 0.15) is 0 Å². The fourth-order valence-corrected chi connectivity index (χ4v) is 8.01. The molecule has 1 nitrogen and oxygen atoms in total. The summed E-state index contributed by atoms with van der Waals surface area (Å²) >= 11 is 0. The summed E-state index contributed by atoms with van der Waals surface area (Å²) in [6, 6.07) is 77.3. The van der Waals surface area contributed by atoms with Crippen molar-refractivity contribution in [3.63, 3.8) is 0 Å². The quantitative estimate of drug-likeness (QED) is 0.159. The molecule has 0 aliphatic carbocycles. The summed E-state index contributed by atoms with van der Waals surface area (Å²) in [7, 11) is 0. The minimum Gasteiger partial charge on any atom is -0.310 e. The SMILES string of the molecule is c1cc(-c2ccc3ccccc3c2)cc(N(c2ccc(-c3cc4ccccc4c4ccccc34)cc2)c2cccc(-c3cccc4ccccc34)c2)c1. The molecule has 1 heteroatoms. The largest absolute Gasteiger partial charge is 0.310 e. The van der Waals surface area contributed by atoms with Crippen LogP contribution in [0.2, 0.25) is 0 Å². The van der Waals surface area contributed by atoms with Crippen molar-refractivity contribution in [2.45, 2.75) is 0 Å². The normalized spacial score (nSPS) is 11.4. The molecule has 0 amide bonds. The molecule has 0 aliphatic heterocycles. The van der Waals surface area contributed by atoms with Gasteiger partial charge in [-0.25, -0.2) is 0 Å². The van der Waals surface area contributed by atoms with Gasteiger partial charge in [-0.3, -0.25) is 0 Å². The van der Waals surface area contributed by atoms with Crippen molar-refractivity contribution >= 4 is 60.2 Å². The third kappa shape index (κ3) is 5.60. The van der Waals surface area contributed by atoms with Crippen molar-refractivity contribution in [2.75, 3.05) is 4.90 Å². The molecule has 0 aromatic heterocycles. The molecule has 10 rings (SSSR count). The second-order valence-electron chi connectivity index (χ2n) is 13.8. The number of hydrogen-bond donors (Lipinski definition) is 0. The molecule has 0 saturated carbocycles. The van der Waals surface area contributed by atoms with E-state index < -0.39 is 0 Å². The van der Waals surface area contributed by atoms with Gasteiger partial charge in [0.25, 0.3) is 0 Å². The molecular formula is C52H35N. The molecule has 0 fully saturated rings. The van der Waals surface area contributed by atoms with Gasteiger partial charge in [0.2, 0.25) is 0 Å². The Bertz CT molecular complexity index is 2950. The Labute approximate surface area is 309 Å². The molecule has 0 heterocycles. The van der Waals surface area contributed by atoms with E-state index in [4.69, 9.17) is 0 Å². The van der Waals surface area contributed by atoms with E-state index >= 15 is 0 Å². The maximum atomic E-state index is 2.39. The minimum absolute atomic E-state index is 1.10. The molecule has 0 bridgehead atoms. The van der Waals surface area contributed by atoms with E-state index in [0.29, 0.717) is 0 Å². The monoisotopic (exact) mass is 673 g/mol. The summed E-state index contributed by atoms with van der Waals surface area (Å²) in [5, 5.41) is 10.1. The van der Waals surface area contributed by atoms with Gasteiger partial charge in [-0.05, 0) is 125 Å². The first-order valence-electron chi connectivity index (χ1n) is 18.3. The van der Waals surface area contributed by atoms with Crippen LogP contribution in [0.3, 0.4) is 0 Å². The molecule has 0 saturated heterocycles. The average molecular weight is 674 g/mol. The maximum Gasteiger partial charge on any atom is 0.0467 e. The second-order valence-corrected chi connectivity index (χ2v) is 13.8. The first-order chi connectivity index (χ1) is 26.3. The standard InChI is InChI=1S/C52H35N/c1-2-14-39-32-41(27-26-36(39)12-1)40-17-9-19-45(33-40)53(46-20-10-18-42(34-46)48-25-11-16-37-13-3-5-21-47(37)48)44-30-28-38(29-31-44)52-35-43-15-4-6-22-49(43)50-23-7-8-24-51(50)52/h1-35H. The molecular weight excluding hydrogens is 639 g/mol. The highest BCUT2D eigenvalue weighted by Gasteiger charge is 2.16. The Kier molecular flexibility index (Phi) is 7.55. The highest BCUT2D eigenvalue weighted by Crippen LogP contribution is 2.41. The lowest BCUT2D eigenvalue weighted by Crippen LogP contribution is -2.10. The third-order valence-electron chi connectivity index (χ3n) is 10.6. The molecule has 0 unspecified atom stereocenters. The van der Waals surface area contributed by atoms with Crippen molar-refractivity contribution in [1.82, 2.24) is 0 Å². The summed E-state index contributed by atoms with van der Waals surface area (Å²) < 4.78 is 0. The fourth-order valence-electron chi connectivity index (χ4n) is 8.01. The number of anilines is 3. The van der Waals surface area contributed by atoms with Gasteiger partial charge in [-0.1, -0.05) is 164 Å². The molecule has 10 aromatic rings. The van der Waals surface area contributed by atoms with E-state index in [9.17, 15) is 0 Å². The highest BCUT2D eigenvalue weighted by atomic mass is 15.1. The first-order valence-corrected chi connectivity index (χ1v) is 18.3. The lowest BCUT2D eigenvalue weighted by atomic mass is 9.93. The number of benzene rings is 10. The van der Waals surface area contributed by atoms with E-state index in [1.54, 1.807) is 0 Å². The zero-order valence-electron chi connectivity index (χ0n) is 29.2. The van der Waals surface area contributed by atoms with Crippen LogP contribution in [0.1, 0.15) is 0 Å². The molecule has 0 atom stereocenters. The predicted molar refractivity (Wildman–Crippen MR) is 227 cm³/mol. The van der Waals surface area contributed by atoms with Crippen molar-refractivity contribution < 1.29 is 0 Å². The molecule has 0 spiro atoms. The van der Waals surface area contributed by atoms with Gasteiger partial charge in [0.05, 0.1) is 0 Å². The van der Waals surface area contributed by atoms with Crippen LogP contribution in [0, 0.1) is 0 Å². The molecule has 248 valence electrons. The van der Waals surface area contributed by atoms with Gasteiger partial charge in [0.15, 0.2) is 0 Å². The van der Waals surface area contributed by atoms with Crippen LogP contribution in [0.5, 0.6) is 0 Å². The smallest absolute Gasteiger partial charge is 0.0467 e. The Morgan fingerprint density at radius 1 is 0.226 bits per heavy atom. The van der Waals surface area contributed by atoms with E-state index in [0.717, 1.165) is 17.1 Å².